The molecule has 0 amide bonds. The first-order chi connectivity index (χ1) is 7.09. The molecule has 1 aromatic heterocycles. The molecule has 0 radical (unpaired) electrons. The van der Waals surface area contributed by atoms with Crippen LogP contribution in [0.1, 0.15) is 25.5 Å². The van der Waals surface area contributed by atoms with Crippen molar-refractivity contribution in [1.82, 2.24) is 4.98 Å². The largest absolute Gasteiger partial charge is 0.260 e. The van der Waals surface area contributed by atoms with Crippen LogP contribution in [0.4, 0.5) is 8.78 Å². The molecule has 1 aromatic carbocycles. The zero-order valence-corrected chi connectivity index (χ0v) is 8.59. The standard InChI is InChI=1S/C12H11F2N/c1-7(2)12-10-5-8(13)6-11(14)9(10)3-4-15-12/h3-7H,1-2H3. The smallest absolute Gasteiger partial charge is 0.134 e. The molecule has 2 rings (SSSR count). The van der Waals surface area contributed by atoms with Gasteiger partial charge in [-0.05, 0) is 18.1 Å². The Hall–Kier alpha value is -1.51. The van der Waals surface area contributed by atoms with Crippen molar-refractivity contribution in [2.75, 3.05) is 0 Å². The zero-order valence-electron chi connectivity index (χ0n) is 8.59. The molecule has 1 nitrogen and oxygen atoms in total. The topological polar surface area (TPSA) is 12.9 Å². The highest BCUT2D eigenvalue weighted by Crippen LogP contribution is 2.25. The third kappa shape index (κ3) is 1.69. The first-order valence-corrected chi connectivity index (χ1v) is 4.83. The molecular formula is C12H11F2N. The summed E-state index contributed by atoms with van der Waals surface area (Å²) in [5.74, 6) is -0.945. The highest BCUT2D eigenvalue weighted by molar-refractivity contribution is 5.85. The Labute approximate surface area is 86.8 Å². The molecule has 0 saturated carbocycles. The number of hydrogen-bond donors (Lipinski definition) is 0. The number of halogens is 2. The summed E-state index contributed by atoms with van der Waals surface area (Å²) in [4.78, 5) is 4.16. The summed E-state index contributed by atoms with van der Waals surface area (Å²) >= 11 is 0. The summed E-state index contributed by atoms with van der Waals surface area (Å²) in [6.45, 7) is 3.90. The van der Waals surface area contributed by atoms with Gasteiger partial charge in [-0.3, -0.25) is 4.98 Å². The Kier molecular flexibility index (Phi) is 2.39. The molecule has 0 unspecified atom stereocenters. The van der Waals surface area contributed by atoms with Gasteiger partial charge in [-0.15, -0.1) is 0 Å². The maximum atomic E-state index is 13.4. The van der Waals surface area contributed by atoms with Crippen molar-refractivity contribution in [2.45, 2.75) is 19.8 Å². The summed E-state index contributed by atoms with van der Waals surface area (Å²) in [5.41, 5.74) is 0.728. The van der Waals surface area contributed by atoms with Gasteiger partial charge in [-0.25, -0.2) is 8.78 Å². The molecule has 2 aromatic rings. The molecule has 0 aliphatic rings. The van der Waals surface area contributed by atoms with Gasteiger partial charge in [0.15, 0.2) is 0 Å². The molecular weight excluding hydrogens is 196 g/mol. The summed E-state index contributed by atoms with van der Waals surface area (Å²) in [7, 11) is 0. The minimum atomic E-state index is -0.560. The van der Waals surface area contributed by atoms with Gasteiger partial charge in [0.05, 0.1) is 5.69 Å². The van der Waals surface area contributed by atoms with Gasteiger partial charge in [0.2, 0.25) is 0 Å². The van der Waals surface area contributed by atoms with Crippen molar-refractivity contribution in [3.63, 3.8) is 0 Å². The van der Waals surface area contributed by atoms with Crippen molar-refractivity contribution in [3.8, 4) is 0 Å². The molecule has 15 heavy (non-hydrogen) atoms. The first-order valence-electron chi connectivity index (χ1n) is 4.83. The fraction of sp³-hybridized carbons (Fsp3) is 0.250. The number of rotatable bonds is 1. The summed E-state index contributed by atoms with van der Waals surface area (Å²) < 4.78 is 26.5. The Bertz CT molecular complexity index is 506. The highest BCUT2D eigenvalue weighted by atomic mass is 19.1. The van der Waals surface area contributed by atoms with E-state index < -0.39 is 11.6 Å². The molecule has 0 spiro atoms. The summed E-state index contributed by atoms with van der Waals surface area (Å²) in [6.07, 6.45) is 1.55. The van der Waals surface area contributed by atoms with Crippen LogP contribution in [0.15, 0.2) is 24.4 Å². The van der Waals surface area contributed by atoms with Crippen LogP contribution < -0.4 is 0 Å². The highest BCUT2D eigenvalue weighted by Gasteiger charge is 2.10. The monoisotopic (exact) mass is 207 g/mol. The maximum Gasteiger partial charge on any atom is 0.134 e. The lowest BCUT2D eigenvalue weighted by molar-refractivity contribution is 0.591. The predicted octanol–water partition coefficient (Wildman–Crippen LogP) is 3.64. The van der Waals surface area contributed by atoms with Crippen LogP contribution in [0.5, 0.6) is 0 Å². The van der Waals surface area contributed by atoms with E-state index in [9.17, 15) is 8.78 Å². The second kappa shape index (κ2) is 3.57. The van der Waals surface area contributed by atoms with E-state index in [1.54, 1.807) is 12.3 Å². The van der Waals surface area contributed by atoms with E-state index in [0.717, 1.165) is 11.8 Å². The van der Waals surface area contributed by atoms with Crippen molar-refractivity contribution < 1.29 is 8.78 Å². The van der Waals surface area contributed by atoms with Crippen molar-refractivity contribution in [3.05, 3.63) is 41.7 Å². The normalized spacial score (nSPS) is 11.3. The summed E-state index contributed by atoms with van der Waals surface area (Å²) in [6, 6.07) is 3.79. The molecule has 0 aliphatic carbocycles. The van der Waals surface area contributed by atoms with Gasteiger partial charge in [0.25, 0.3) is 0 Å². The number of fused-ring (bicyclic) bond motifs is 1. The van der Waals surface area contributed by atoms with Crippen LogP contribution >= 0.6 is 0 Å². The van der Waals surface area contributed by atoms with Gasteiger partial charge in [-0.1, -0.05) is 13.8 Å². The van der Waals surface area contributed by atoms with E-state index in [4.69, 9.17) is 0 Å². The van der Waals surface area contributed by atoms with Crippen LogP contribution in [-0.4, -0.2) is 4.98 Å². The van der Waals surface area contributed by atoms with E-state index in [1.165, 1.54) is 6.07 Å². The molecule has 0 saturated heterocycles. The fourth-order valence-electron chi connectivity index (χ4n) is 1.69. The molecule has 0 aliphatic heterocycles. The van der Waals surface area contributed by atoms with E-state index in [-0.39, 0.29) is 5.92 Å². The zero-order chi connectivity index (χ0) is 11.0. The number of benzene rings is 1. The van der Waals surface area contributed by atoms with Crippen LogP contribution in [-0.2, 0) is 0 Å². The van der Waals surface area contributed by atoms with Gasteiger partial charge in [0.1, 0.15) is 11.6 Å². The molecule has 3 heteroatoms. The number of aromatic nitrogens is 1. The van der Waals surface area contributed by atoms with E-state index in [1.807, 2.05) is 13.8 Å². The number of hydrogen-bond acceptors (Lipinski definition) is 1. The van der Waals surface area contributed by atoms with Crippen molar-refractivity contribution in [1.29, 1.82) is 0 Å². The second-order valence-electron chi connectivity index (χ2n) is 3.83. The SMILES string of the molecule is CC(C)c1nccc2c(F)cc(F)cc12. The van der Waals surface area contributed by atoms with Crippen molar-refractivity contribution >= 4 is 10.8 Å². The first kappa shape index (κ1) is 10.0. The Morgan fingerprint density at radius 2 is 1.87 bits per heavy atom. The average molecular weight is 207 g/mol. The van der Waals surface area contributed by atoms with E-state index >= 15 is 0 Å². The van der Waals surface area contributed by atoms with Gasteiger partial charge in [-0.2, -0.15) is 0 Å². The molecule has 78 valence electrons. The fourth-order valence-corrected chi connectivity index (χ4v) is 1.69. The van der Waals surface area contributed by atoms with Gasteiger partial charge < -0.3 is 0 Å². The second-order valence-corrected chi connectivity index (χ2v) is 3.83. The van der Waals surface area contributed by atoms with Gasteiger partial charge in [0, 0.05) is 23.0 Å². The lowest BCUT2D eigenvalue weighted by Crippen LogP contribution is -1.95. The maximum absolute atomic E-state index is 13.4. The van der Waals surface area contributed by atoms with Crippen LogP contribution in [0.2, 0.25) is 0 Å². The number of pyridine rings is 1. The minimum Gasteiger partial charge on any atom is -0.260 e. The molecule has 0 fully saturated rings. The van der Waals surface area contributed by atoms with Crippen LogP contribution in [0.3, 0.4) is 0 Å². The van der Waals surface area contributed by atoms with E-state index in [2.05, 4.69) is 4.98 Å². The Morgan fingerprint density at radius 1 is 1.13 bits per heavy atom. The lowest BCUT2D eigenvalue weighted by Gasteiger charge is -2.08. The van der Waals surface area contributed by atoms with Crippen molar-refractivity contribution in [2.24, 2.45) is 0 Å². The summed E-state index contributed by atoms with van der Waals surface area (Å²) in [5, 5.41) is 0.986. The molecule has 0 bridgehead atoms. The third-order valence-electron chi connectivity index (χ3n) is 2.37. The predicted molar refractivity (Wildman–Crippen MR) is 55.7 cm³/mol. The van der Waals surface area contributed by atoms with E-state index in [0.29, 0.717) is 10.8 Å². The average Bonchev–Trinajstić information content (AvgIpc) is 2.16. The molecule has 0 atom stereocenters. The quantitative estimate of drug-likeness (QED) is 0.695. The minimum absolute atomic E-state index is 0.148. The third-order valence-corrected chi connectivity index (χ3v) is 2.37. The van der Waals surface area contributed by atoms with Crippen LogP contribution in [0.25, 0.3) is 10.8 Å². The Morgan fingerprint density at radius 3 is 2.53 bits per heavy atom. The van der Waals surface area contributed by atoms with Gasteiger partial charge >= 0.3 is 0 Å². The number of nitrogens with zero attached hydrogens (tertiary/aromatic N) is 1. The van der Waals surface area contributed by atoms with Crippen LogP contribution in [0, 0.1) is 11.6 Å². The molecule has 0 N–H and O–H groups in total. The lowest BCUT2D eigenvalue weighted by atomic mass is 10.0. The molecule has 1 heterocycles. The Balaban J connectivity index is 2.85.